The molecule has 1 aliphatic heterocycles. The Labute approximate surface area is 118 Å². The SMILES string of the molecule is COc1ccc(S(=O)(=O)N2CCN[C@H](C)C2)cc1Cl. The summed E-state index contributed by atoms with van der Waals surface area (Å²) in [6.07, 6.45) is 0. The number of piperazine rings is 1. The van der Waals surface area contributed by atoms with Gasteiger partial charge in [-0.3, -0.25) is 0 Å². The molecule has 0 spiro atoms. The van der Waals surface area contributed by atoms with E-state index in [-0.39, 0.29) is 10.9 Å². The smallest absolute Gasteiger partial charge is 0.243 e. The summed E-state index contributed by atoms with van der Waals surface area (Å²) in [4.78, 5) is 0.201. The van der Waals surface area contributed by atoms with Crippen LogP contribution in [0.3, 0.4) is 0 Å². The zero-order valence-corrected chi connectivity index (χ0v) is 12.5. The van der Waals surface area contributed by atoms with E-state index in [0.717, 1.165) is 0 Å². The molecule has 1 fully saturated rings. The predicted molar refractivity (Wildman–Crippen MR) is 74.2 cm³/mol. The Hall–Kier alpha value is -0.820. The van der Waals surface area contributed by atoms with Crippen LogP contribution in [-0.2, 0) is 10.0 Å². The van der Waals surface area contributed by atoms with Crippen LogP contribution < -0.4 is 10.1 Å². The number of nitrogens with one attached hydrogen (secondary N) is 1. The minimum Gasteiger partial charge on any atom is -0.495 e. The molecule has 1 aromatic rings. The quantitative estimate of drug-likeness (QED) is 0.915. The molecular weight excluding hydrogens is 288 g/mol. The summed E-state index contributed by atoms with van der Waals surface area (Å²) < 4.78 is 31.5. The van der Waals surface area contributed by atoms with Gasteiger partial charge in [-0.15, -0.1) is 0 Å². The van der Waals surface area contributed by atoms with E-state index in [1.807, 2.05) is 6.92 Å². The van der Waals surface area contributed by atoms with Crippen molar-refractivity contribution < 1.29 is 13.2 Å². The Balaban J connectivity index is 2.31. The normalized spacial score (nSPS) is 21.3. The van der Waals surface area contributed by atoms with E-state index in [9.17, 15) is 8.42 Å². The molecule has 0 radical (unpaired) electrons. The highest BCUT2D eigenvalue weighted by Gasteiger charge is 2.28. The number of benzene rings is 1. The second-order valence-electron chi connectivity index (χ2n) is 4.51. The van der Waals surface area contributed by atoms with Crippen molar-refractivity contribution in [3.63, 3.8) is 0 Å². The zero-order valence-electron chi connectivity index (χ0n) is 10.9. The fourth-order valence-electron chi connectivity index (χ4n) is 2.07. The standard InChI is InChI=1S/C12H17ClN2O3S/c1-9-8-15(6-5-14-9)19(16,17)10-3-4-12(18-2)11(13)7-10/h3-4,7,9,14H,5-6,8H2,1-2H3/t9-/m1/s1. The first kappa shape index (κ1) is 14.6. The summed E-state index contributed by atoms with van der Waals surface area (Å²) in [6.45, 7) is 3.55. The third kappa shape index (κ3) is 3.02. The largest absolute Gasteiger partial charge is 0.495 e. The maximum Gasteiger partial charge on any atom is 0.243 e. The molecule has 1 saturated heterocycles. The van der Waals surface area contributed by atoms with E-state index in [4.69, 9.17) is 16.3 Å². The van der Waals surface area contributed by atoms with E-state index < -0.39 is 10.0 Å². The Morgan fingerprint density at radius 2 is 2.21 bits per heavy atom. The first-order valence-corrected chi connectivity index (χ1v) is 7.84. The summed E-state index contributed by atoms with van der Waals surface area (Å²) in [5.74, 6) is 0.467. The highest BCUT2D eigenvalue weighted by atomic mass is 35.5. The van der Waals surface area contributed by atoms with Crippen LogP contribution in [0, 0.1) is 0 Å². The Morgan fingerprint density at radius 3 is 2.79 bits per heavy atom. The highest BCUT2D eigenvalue weighted by Crippen LogP contribution is 2.28. The topological polar surface area (TPSA) is 58.6 Å². The molecule has 1 N–H and O–H groups in total. The number of methoxy groups -OCH3 is 1. The minimum absolute atomic E-state index is 0.150. The second kappa shape index (κ2) is 5.66. The van der Waals surface area contributed by atoms with Crippen LogP contribution >= 0.6 is 11.6 Å². The number of sulfonamides is 1. The van der Waals surface area contributed by atoms with E-state index in [0.29, 0.717) is 30.4 Å². The van der Waals surface area contributed by atoms with Crippen molar-refractivity contribution in [3.05, 3.63) is 23.2 Å². The summed E-state index contributed by atoms with van der Waals surface area (Å²) in [5.41, 5.74) is 0. The lowest BCUT2D eigenvalue weighted by atomic mass is 10.3. The third-order valence-electron chi connectivity index (χ3n) is 3.09. The summed E-state index contributed by atoms with van der Waals surface area (Å²) in [7, 11) is -2.00. The van der Waals surface area contributed by atoms with Crippen LogP contribution in [0.1, 0.15) is 6.92 Å². The van der Waals surface area contributed by atoms with Crippen molar-refractivity contribution >= 4 is 21.6 Å². The first-order chi connectivity index (χ1) is 8.95. The first-order valence-electron chi connectivity index (χ1n) is 6.02. The molecule has 19 heavy (non-hydrogen) atoms. The number of ether oxygens (including phenoxy) is 1. The molecule has 0 aliphatic carbocycles. The number of hydrogen-bond acceptors (Lipinski definition) is 4. The maximum absolute atomic E-state index is 12.5. The zero-order chi connectivity index (χ0) is 14.0. The molecule has 0 bridgehead atoms. The van der Waals surface area contributed by atoms with Gasteiger partial charge < -0.3 is 10.1 Å². The average Bonchev–Trinajstić information content (AvgIpc) is 2.38. The van der Waals surface area contributed by atoms with Gasteiger partial charge >= 0.3 is 0 Å². The van der Waals surface area contributed by atoms with E-state index in [1.54, 1.807) is 6.07 Å². The van der Waals surface area contributed by atoms with Crippen LogP contribution in [0.15, 0.2) is 23.1 Å². The monoisotopic (exact) mass is 304 g/mol. The molecule has 1 aromatic carbocycles. The summed E-state index contributed by atoms with van der Waals surface area (Å²) in [6, 6.07) is 4.67. The molecule has 0 saturated carbocycles. The van der Waals surface area contributed by atoms with Crippen LogP contribution in [0.2, 0.25) is 5.02 Å². The van der Waals surface area contributed by atoms with Gasteiger partial charge in [-0.2, -0.15) is 4.31 Å². The molecule has 106 valence electrons. The van der Waals surface area contributed by atoms with E-state index in [1.165, 1.54) is 23.5 Å². The van der Waals surface area contributed by atoms with Gasteiger partial charge in [0.15, 0.2) is 0 Å². The highest BCUT2D eigenvalue weighted by molar-refractivity contribution is 7.89. The lowest BCUT2D eigenvalue weighted by Crippen LogP contribution is -2.51. The van der Waals surface area contributed by atoms with Gasteiger partial charge in [0.05, 0.1) is 17.0 Å². The van der Waals surface area contributed by atoms with Gasteiger partial charge in [-0.05, 0) is 25.1 Å². The summed E-state index contributed by atoms with van der Waals surface area (Å²) >= 11 is 5.98. The van der Waals surface area contributed by atoms with Crippen LogP contribution in [0.4, 0.5) is 0 Å². The number of hydrogen-bond donors (Lipinski definition) is 1. The molecule has 0 aromatic heterocycles. The van der Waals surface area contributed by atoms with Gasteiger partial charge in [-0.25, -0.2) is 8.42 Å². The molecule has 1 atom stereocenters. The van der Waals surface area contributed by atoms with Crippen LogP contribution in [-0.4, -0.2) is 45.5 Å². The van der Waals surface area contributed by atoms with Gasteiger partial charge in [0.1, 0.15) is 5.75 Å². The Kier molecular flexibility index (Phi) is 4.35. The third-order valence-corrected chi connectivity index (χ3v) is 5.25. The van der Waals surface area contributed by atoms with Crippen molar-refractivity contribution in [3.8, 4) is 5.75 Å². The lowest BCUT2D eigenvalue weighted by Gasteiger charge is -2.31. The Morgan fingerprint density at radius 1 is 1.47 bits per heavy atom. The Bertz CT molecular complexity index is 562. The maximum atomic E-state index is 12.5. The lowest BCUT2D eigenvalue weighted by molar-refractivity contribution is 0.310. The molecule has 0 unspecified atom stereocenters. The molecule has 7 heteroatoms. The van der Waals surface area contributed by atoms with Gasteiger partial charge in [0, 0.05) is 25.7 Å². The van der Waals surface area contributed by atoms with Crippen molar-refractivity contribution in [1.82, 2.24) is 9.62 Å². The second-order valence-corrected chi connectivity index (χ2v) is 6.86. The van der Waals surface area contributed by atoms with E-state index in [2.05, 4.69) is 5.32 Å². The molecular formula is C12H17ClN2O3S. The van der Waals surface area contributed by atoms with Crippen molar-refractivity contribution in [2.75, 3.05) is 26.7 Å². The van der Waals surface area contributed by atoms with Crippen LogP contribution in [0.5, 0.6) is 5.75 Å². The van der Waals surface area contributed by atoms with Crippen molar-refractivity contribution in [1.29, 1.82) is 0 Å². The van der Waals surface area contributed by atoms with Crippen LogP contribution in [0.25, 0.3) is 0 Å². The fourth-order valence-corrected chi connectivity index (χ4v) is 3.95. The van der Waals surface area contributed by atoms with Gasteiger partial charge in [-0.1, -0.05) is 11.6 Å². The number of rotatable bonds is 3. The average molecular weight is 305 g/mol. The predicted octanol–water partition coefficient (Wildman–Crippen LogP) is 1.33. The van der Waals surface area contributed by atoms with Crippen molar-refractivity contribution in [2.24, 2.45) is 0 Å². The molecule has 1 aliphatic rings. The number of halogens is 1. The molecule has 0 amide bonds. The minimum atomic E-state index is -3.49. The summed E-state index contributed by atoms with van der Waals surface area (Å²) in [5, 5.41) is 3.51. The van der Waals surface area contributed by atoms with Gasteiger partial charge in [0.25, 0.3) is 0 Å². The number of nitrogens with zero attached hydrogens (tertiary/aromatic N) is 1. The molecule has 2 rings (SSSR count). The van der Waals surface area contributed by atoms with E-state index >= 15 is 0 Å². The fraction of sp³-hybridized carbons (Fsp3) is 0.500. The molecule has 1 heterocycles. The molecule has 5 nitrogen and oxygen atoms in total. The van der Waals surface area contributed by atoms with Crippen molar-refractivity contribution in [2.45, 2.75) is 17.9 Å². The van der Waals surface area contributed by atoms with Gasteiger partial charge in [0.2, 0.25) is 10.0 Å².